The van der Waals surface area contributed by atoms with E-state index in [9.17, 15) is 4.79 Å². The van der Waals surface area contributed by atoms with Crippen LogP contribution in [0.5, 0.6) is 5.75 Å². The third-order valence-corrected chi connectivity index (χ3v) is 5.53. The monoisotopic (exact) mass is 379 g/mol. The van der Waals surface area contributed by atoms with Crippen molar-refractivity contribution in [1.82, 2.24) is 9.88 Å². The third kappa shape index (κ3) is 4.02. The van der Waals surface area contributed by atoms with Crippen LogP contribution >= 0.6 is 11.3 Å². The van der Waals surface area contributed by atoms with Gasteiger partial charge in [-0.2, -0.15) is 0 Å². The van der Waals surface area contributed by atoms with Crippen LogP contribution in [0.3, 0.4) is 0 Å². The van der Waals surface area contributed by atoms with Crippen LogP contribution in [0, 0.1) is 0 Å². The van der Waals surface area contributed by atoms with Crippen molar-refractivity contribution < 1.29 is 9.53 Å². The number of hydrogen-bond acceptors (Lipinski definition) is 5. The first kappa shape index (κ1) is 17.7. The lowest BCUT2D eigenvalue weighted by molar-refractivity contribution is 0.102. The average Bonchev–Trinajstić information content (AvgIpc) is 3.14. The molecule has 6 heteroatoms. The number of anilines is 1. The number of methoxy groups -OCH3 is 1. The second-order valence-electron chi connectivity index (χ2n) is 6.53. The van der Waals surface area contributed by atoms with E-state index in [4.69, 9.17) is 4.74 Å². The molecule has 5 nitrogen and oxygen atoms in total. The van der Waals surface area contributed by atoms with E-state index in [-0.39, 0.29) is 5.91 Å². The van der Waals surface area contributed by atoms with Crippen molar-refractivity contribution in [3.05, 3.63) is 76.3 Å². The van der Waals surface area contributed by atoms with Gasteiger partial charge in [0.2, 0.25) is 0 Å². The first-order chi connectivity index (χ1) is 13.2. The molecule has 1 aromatic heterocycles. The number of hydrogen-bond donors (Lipinski definition) is 1. The van der Waals surface area contributed by atoms with Crippen molar-refractivity contribution in [1.29, 1.82) is 0 Å². The molecule has 0 aliphatic carbocycles. The van der Waals surface area contributed by atoms with E-state index in [0.717, 1.165) is 31.7 Å². The quantitative estimate of drug-likeness (QED) is 0.729. The van der Waals surface area contributed by atoms with Gasteiger partial charge in [-0.15, -0.1) is 11.3 Å². The molecule has 2 aromatic carbocycles. The number of nitrogens with zero attached hydrogens (tertiary/aromatic N) is 2. The molecule has 0 bridgehead atoms. The first-order valence-corrected chi connectivity index (χ1v) is 9.79. The molecule has 0 fully saturated rings. The molecular formula is C21H21N3O2S. The van der Waals surface area contributed by atoms with Crippen molar-refractivity contribution in [3.8, 4) is 5.75 Å². The molecular weight excluding hydrogens is 358 g/mol. The lowest BCUT2D eigenvalue weighted by atomic mass is 10.00. The Morgan fingerprint density at radius 2 is 1.96 bits per heavy atom. The van der Waals surface area contributed by atoms with Gasteiger partial charge in [0.25, 0.3) is 5.91 Å². The molecule has 0 spiro atoms. The van der Waals surface area contributed by atoms with Crippen LogP contribution in [-0.4, -0.2) is 29.4 Å². The van der Waals surface area contributed by atoms with Crippen molar-refractivity contribution in [2.75, 3.05) is 19.0 Å². The Morgan fingerprint density at radius 3 is 2.81 bits per heavy atom. The second-order valence-corrected chi connectivity index (χ2v) is 7.39. The summed E-state index contributed by atoms with van der Waals surface area (Å²) in [5, 5.41) is 5.50. The van der Waals surface area contributed by atoms with Gasteiger partial charge in [0, 0.05) is 25.0 Å². The molecule has 1 amide bonds. The number of rotatable bonds is 5. The number of carbonyl (C=O) groups excluding carboxylic acids is 1. The molecule has 0 atom stereocenters. The van der Waals surface area contributed by atoms with Crippen LogP contribution in [0.25, 0.3) is 0 Å². The standard InChI is InChI=1S/C21H21N3O2S/c1-26-19-9-5-4-8-18(19)20(25)23-21-22-17(14-27-21)13-24-11-10-15-6-2-3-7-16(15)12-24/h2-9,14H,10-13H2,1H3,(H,22,23,25). The molecule has 2 heterocycles. The molecule has 0 unspecified atom stereocenters. The highest BCUT2D eigenvalue weighted by atomic mass is 32.1. The largest absolute Gasteiger partial charge is 0.496 e. The van der Waals surface area contributed by atoms with Gasteiger partial charge >= 0.3 is 0 Å². The number of benzene rings is 2. The van der Waals surface area contributed by atoms with Crippen molar-refractivity contribution >= 4 is 22.4 Å². The second kappa shape index (κ2) is 7.90. The Morgan fingerprint density at radius 1 is 1.19 bits per heavy atom. The Balaban J connectivity index is 1.40. The lowest BCUT2D eigenvalue weighted by Gasteiger charge is -2.27. The summed E-state index contributed by atoms with van der Waals surface area (Å²) in [6.45, 7) is 2.75. The highest BCUT2D eigenvalue weighted by Gasteiger charge is 2.18. The van der Waals surface area contributed by atoms with Gasteiger partial charge in [0.1, 0.15) is 5.75 Å². The molecule has 3 aromatic rings. The molecule has 1 N–H and O–H groups in total. The summed E-state index contributed by atoms with van der Waals surface area (Å²) in [6, 6.07) is 15.8. The van der Waals surface area contributed by atoms with E-state index in [2.05, 4.69) is 39.5 Å². The fraction of sp³-hybridized carbons (Fsp3) is 0.238. The molecule has 0 saturated heterocycles. The number of nitrogens with one attached hydrogen (secondary N) is 1. The van der Waals surface area contributed by atoms with Crippen molar-refractivity contribution in [3.63, 3.8) is 0 Å². The summed E-state index contributed by atoms with van der Waals surface area (Å²) < 4.78 is 5.25. The normalized spacial score (nSPS) is 13.8. The van der Waals surface area contributed by atoms with Crippen molar-refractivity contribution in [2.24, 2.45) is 0 Å². The summed E-state index contributed by atoms with van der Waals surface area (Å²) in [4.78, 5) is 19.5. The lowest BCUT2D eigenvalue weighted by Crippen LogP contribution is -2.30. The maximum absolute atomic E-state index is 12.5. The van der Waals surface area contributed by atoms with E-state index >= 15 is 0 Å². The zero-order valence-corrected chi connectivity index (χ0v) is 16.0. The fourth-order valence-electron chi connectivity index (χ4n) is 3.35. The van der Waals surface area contributed by atoms with Crippen LogP contribution in [0.1, 0.15) is 27.2 Å². The number of carbonyl (C=O) groups is 1. The third-order valence-electron chi connectivity index (χ3n) is 4.72. The maximum atomic E-state index is 12.5. The number of ether oxygens (including phenoxy) is 1. The number of thiazole rings is 1. The van der Waals surface area contributed by atoms with Gasteiger partial charge in [0.15, 0.2) is 5.13 Å². The number of aromatic nitrogens is 1. The number of fused-ring (bicyclic) bond motifs is 1. The highest BCUT2D eigenvalue weighted by molar-refractivity contribution is 7.14. The summed E-state index contributed by atoms with van der Waals surface area (Å²) in [7, 11) is 1.56. The molecule has 138 valence electrons. The average molecular weight is 379 g/mol. The maximum Gasteiger partial charge on any atom is 0.261 e. The van der Waals surface area contributed by atoms with Gasteiger partial charge in [-0.3, -0.25) is 15.0 Å². The minimum atomic E-state index is -0.208. The Hall–Kier alpha value is -2.70. The number of amides is 1. The fourth-order valence-corrected chi connectivity index (χ4v) is 4.05. The van der Waals surface area contributed by atoms with E-state index in [1.807, 2.05) is 17.5 Å². The van der Waals surface area contributed by atoms with E-state index in [1.165, 1.54) is 22.5 Å². The highest BCUT2D eigenvalue weighted by Crippen LogP contribution is 2.24. The van der Waals surface area contributed by atoms with E-state index in [1.54, 1.807) is 19.2 Å². The van der Waals surface area contributed by atoms with Crippen LogP contribution in [0.15, 0.2) is 53.9 Å². The summed E-state index contributed by atoms with van der Waals surface area (Å²) in [5.41, 5.74) is 4.32. The van der Waals surface area contributed by atoms with Crippen LogP contribution in [0.2, 0.25) is 0 Å². The summed E-state index contributed by atoms with van der Waals surface area (Å²) in [5.74, 6) is 0.346. The Kier molecular flexibility index (Phi) is 5.18. The smallest absolute Gasteiger partial charge is 0.261 e. The van der Waals surface area contributed by atoms with Gasteiger partial charge in [-0.25, -0.2) is 4.98 Å². The summed E-state index contributed by atoms with van der Waals surface area (Å²) in [6.07, 6.45) is 1.07. The van der Waals surface area contributed by atoms with E-state index in [0.29, 0.717) is 16.4 Å². The molecule has 0 saturated carbocycles. The van der Waals surface area contributed by atoms with Crippen molar-refractivity contribution in [2.45, 2.75) is 19.5 Å². The minimum Gasteiger partial charge on any atom is -0.496 e. The topological polar surface area (TPSA) is 54.5 Å². The molecule has 1 aliphatic rings. The Labute approximate surface area is 162 Å². The van der Waals surface area contributed by atoms with Crippen LogP contribution < -0.4 is 10.1 Å². The molecule has 4 rings (SSSR count). The van der Waals surface area contributed by atoms with Crippen LogP contribution in [0.4, 0.5) is 5.13 Å². The first-order valence-electron chi connectivity index (χ1n) is 8.91. The van der Waals surface area contributed by atoms with Crippen LogP contribution in [-0.2, 0) is 19.5 Å². The van der Waals surface area contributed by atoms with Gasteiger partial charge < -0.3 is 4.74 Å². The summed E-state index contributed by atoms with van der Waals surface area (Å²) >= 11 is 1.45. The Bertz CT molecular complexity index is 954. The molecule has 27 heavy (non-hydrogen) atoms. The van der Waals surface area contributed by atoms with Gasteiger partial charge in [0.05, 0.1) is 18.4 Å². The zero-order chi connectivity index (χ0) is 18.6. The van der Waals surface area contributed by atoms with Gasteiger partial charge in [-0.05, 0) is 29.7 Å². The predicted octanol–water partition coefficient (Wildman–Crippen LogP) is 3.96. The van der Waals surface area contributed by atoms with E-state index < -0.39 is 0 Å². The number of para-hydroxylation sites is 1. The minimum absolute atomic E-state index is 0.208. The molecule has 1 aliphatic heterocycles. The van der Waals surface area contributed by atoms with Gasteiger partial charge in [-0.1, -0.05) is 36.4 Å². The molecule has 0 radical (unpaired) electrons. The SMILES string of the molecule is COc1ccccc1C(=O)Nc1nc(CN2CCc3ccccc3C2)cs1. The predicted molar refractivity (Wildman–Crippen MR) is 107 cm³/mol. The zero-order valence-electron chi connectivity index (χ0n) is 15.1.